The van der Waals surface area contributed by atoms with Gasteiger partial charge in [0, 0.05) is 6.42 Å². The molecule has 4 heteroatoms. The molecular formula is C19H31ClN2O. The van der Waals surface area contributed by atoms with Crippen LogP contribution < -0.4 is 10.6 Å². The van der Waals surface area contributed by atoms with Crippen molar-refractivity contribution in [2.75, 3.05) is 13.1 Å². The van der Waals surface area contributed by atoms with Crippen LogP contribution >= 0.6 is 12.4 Å². The van der Waals surface area contributed by atoms with Crippen molar-refractivity contribution >= 4 is 18.3 Å². The number of halogens is 1. The van der Waals surface area contributed by atoms with Crippen molar-refractivity contribution in [2.45, 2.75) is 53.0 Å². The summed E-state index contributed by atoms with van der Waals surface area (Å²) >= 11 is 0. The molecule has 3 nitrogen and oxygen atoms in total. The summed E-state index contributed by atoms with van der Waals surface area (Å²) in [6.45, 7) is 10.7. The number of amides is 1. The Kier molecular flexibility index (Phi) is 8.07. The number of carbonyl (C=O) groups excluding carboxylic acids is 1. The molecule has 0 saturated carbocycles. The number of carbonyl (C=O) groups is 1. The van der Waals surface area contributed by atoms with Gasteiger partial charge in [-0.05, 0) is 69.7 Å². The van der Waals surface area contributed by atoms with Crippen molar-refractivity contribution in [3.05, 3.63) is 34.9 Å². The number of aryl methyl sites for hydroxylation is 2. The number of benzene rings is 1. The fourth-order valence-corrected chi connectivity index (χ4v) is 3.51. The van der Waals surface area contributed by atoms with Crippen LogP contribution in [0.2, 0.25) is 0 Å². The third kappa shape index (κ3) is 5.82. The molecule has 23 heavy (non-hydrogen) atoms. The van der Waals surface area contributed by atoms with E-state index in [0.717, 1.165) is 13.1 Å². The van der Waals surface area contributed by atoms with Crippen LogP contribution in [0, 0.1) is 25.7 Å². The van der Waals surface area contributed by atoms with Gasteiger partial charge in [0.15, 0.2) is 0 Å². The molecule has 0 radical (unpaired) electrons. The number of rotatable bonds is 5. The molecule has 0 spiro atoms. The monoisotopic (exact) mass is 338 g/mol. The van der Waals surface area contributed by atoms with E-state index >= 15 is 0 Å². The number of hydrogen-bond donors (Lipinski definition) is 2. The highest BCUT2D eigenvalue weighted by molar-refractivity contribution is 5.85. The Morgan fingerprint density at radius 1 is 1.35 bits per heavy atom. The number of nitrogens with one attached hydrogen (secondary N) is 2. The largest absolute Gasteiger partial charge is 0.350 e. The Bertz CT molecular complexity index is 512. The highest BCUT2D eigenvalue weighted by atomic mass is 35.5. The van der Waals surface area contributed by atoms with Gasteiger partial charge in [-0.2, -0.15) is 0 Å². The zero-order valence-electron chi connectivity index (χ0n) is 14.8. The quantitative estimate of drug-likeness (QED) is 0.854. The van der Waals surface area contributed by atoms with Crippen molar-refractivity contribution in [3.8, 4) is 0 Å². The molecule has 1 aromatic rings. The molecule has 2 N–H and O–H groups in total. The molecule has 1 aliphatic heterocycles. The van der Waals surface area contributed by atoms with Crippen LogP contribution in [-0.2, 0) is 4.79 Å². The van der Waals surface area contributed by atoms with E-state index in [1.165, 1.54) is 29.5 Å². The number of piperidine rings is 1. The zero-order chi connectivity index (χ0) is 16.1. The van der Waals surface area contributed by atoms with Crippen LogP contribution in [0.15, 0.2) is 18.2 Å². The van der Waals surface area contributed by atoms with Crippen molar-refractivity contribution in [3.63, 3.8) is 0 Å². The minimum Gasteiger partial charge on any atom is -0.350 e. The van der Waals surface area contributed by atoms with E-state index in [-0.39, 0.29) is 24.4 Å². The Morgan fingerprint density at radius 2 is 2.09 bits per heavy atom. The molecule has 1 aromatic carbocycles. The van der Waals surface area contributed by atoms with Crippen molar-refractivity contribution in [2.24, 2.45) is 11.8 Å². The zero-order valence-corrected chi connectivity index (χ0v) is 15.6. The molecule has 3 unspecified atom stereocenters. The van der Waals surface area contributed by atoms with Gasteiger partial charge >= 0.3 is 0 Å². The van der Waals surface area contributed by atoms with E-state index < -0.39 is 0 Å². The van der Waals surface area contributed by atoms with E-state index in [9.17, 15) is 4.79 Å². The van der Waals surface area contributed by atoms with Gasteiger partial charge in [-0.3, -0.25) is 4.79 Å². The van der Waals surface area contributed by atoms with E-state index in [4.69, 9.17) is 0 Å². The molecule has 1 fully saturated rings. The van der Waals surface area contributed by atoms with Crippen molar-refractivity contribution in [1.82, 2.24) is 10.6 Å². The predicted molar refractivity (Wildman–Crippen MR) is 99.1 cm³/mol. The maximum Gasteiger partial charge on any atom is 0.220 e. The summed E-state index contributed by atoms with van der Waals surface area (Å²) in [4.78, 5) is 12.3. The topological polar surface area (TPSA) is 41.1 Å². The van der Waals surface area contributed by atoms with Gasteiger partial charge in [-0.1, -0.05) is 30.7 Å². The van der Waals surface area contributed by atoms with Crippen LogP contribution in [0.3, 0.4) is 0 Å². The summed E-state index contributed by atoms with van der Waals surface area (Å²) in [5.41, 5.74) is 3.72. The van der Waals surface area contributed by atoms with Gasteiger partial charge in [0.1, 0.15) is 0 Å². The second-order valence-electron chi connectivity index (χ2n) is 6.94. The highest BCUT2D eigenvalue weighted by Gasteiger charge is 2.22. The molecule has 3 atom stereocenters. The molecule has 1 aliphatic rings. The first-order valence-corrected chi connectivity index (χ1v) is 8.54. The maximum absolute atomic E-state index is 12.3. The molecule has 0 bridgehead atoms. The molecular weight excluding hydrogens is 308 g/mol. The SMILES string of the molecule is Cc1ccc(C(C)NC(=O)CC(C)C2CCCNC2)c(C)c1.Cl. The Hall–Kier alpha value is -1.06. The minimum atomic E-state index is 0. The molecule has 130 valence electrons. The van der Waals surface area contributed by atoms with Crippen LogP contribution in [0.25, 0.3) is 0 Å². The van der Waals surface area contributed by atoms with Crippen LogP contribution in [-0.4, -0.2) is 19.0 Å². The summed E-state index contributed by atoms with van der Waals surface area (Å²) in [7, 11) is 0. The summed E-state index contributed by atoms with van der Waals surface area (Å²) < 4.78 is 0. The molecule has 0 aromatic heterocycles. The van der Waals surface area contributed by atoms with E-state index in [0.29, 0.717) is 18.3 Å². The first-order chi connectivity index (χ1) is 10.5. The predicted octanol–water partition coefficient (Wildman–Crippen LogP) is 3.93. The normalized spacial score (nSPS) is 20.3. The first kappa shape index (κ1) is 20.0. The summed E-state index contributed by atoms with van der Waals surface area (Å²) in [6.07, 6.45) is 3.10. The third-order valence-corrected chi connectivity index (χ3v) is 4.92. The van der Waals surface area contributed by atoms with Gasteiger partial charge < -0.3 is 10.6 Å². The van der Waals surface area contributed by atoms with Gasteiger partial charge in [-0.15, -0.1) is 12.4 Å². The lowest BCUT2D eigenvalue weighted by Crippen LogP contribution is -2.36. The van der Waals surface area contributed by atoms with Gasteiger partial charge in [0.05, 0.1) is 6.04 Å². The van der Waals surface area contributed by atoms with E-state index in [1.807, 2.05) is 0 Å². The number of hydrogen-bond acceptors (Lipinski definition) is 2. The second kappa shape index (κ2) is 9.29. The Balaban J connectivity index is 0.00000264. The second-order valence-corrected chi connectivity index (χ2v) is 6.94. The van der Waals surface area contributed by atoms with Gasteiger partial charge in [0.2, 0.25) is 5.91 Å². The standard InChI is InChI=1S/C19H30N2O.ClH/c1-13-7-8-18(15(3)10-13)16(4)21-19(22)11-14(2)17-6-5-9-20-12-17;/h7-8,10,14,16-17,20H,5-6,9,11-12H2,1-4H3,(H,21,22);1H. The average molecular weight is 339 g/mol. The summed E-state index contributed by atoms with van der Waals surface area (Å²) in [6, 6.07) is 6.49. The summed E-state index contributed by atoms with van der Waals surface area (Å²) in [5, 5.41) is 6.60. The summed E-state index contributed by atoms with van der Waals surface area (Å²) in [5.74, 6) is 1.25. The third-order valence-electron chi connectivity index (χ3n) is 4.92. The smallest absolute Gasteiger partial charge is 0.220 e. The highest BCUT2D eigenvalue weighted by Crippen LogP contribution is 2.23. The minimum absolute atomic E-state index is 0. The van der Waals surface area contributed by atoms with Gasteiger partial charge in [0.25, 0.3) is 0 Å². The first-order valence-electron chi connectivity index (χ1n) is 8.54. The van der Waals surface area contributed by atoms with Crippen LogP contribution in [0.1, 0.15) is 55.8 Å². The maximum atomic E-state index is 12.3. The van der Waals surface area contributed by atoms with Crippen molar-refractivity contribution in [1.29, 1.82) is 0 Å². The molecule has 1 heterocycles. The van der Waals surface area contributed by atoms with Crippen LogP contribution in [0.5, 0.6) is 0 Å². The van der Waals surface area contributed by atoms with E-state index in [1.54, 1.807) is 0 Å². The fraction of sp³-hybridized carbons (Fsp3) is 0.632. The van der Waals surface area contributed by atoms with Crippen LogP contribution in [0.4, 0.5) is 0 Å². The average Bonchev–Trinajstić information content (AvgIpc) is 2.47. The molecule has 1 saturated heterocycles. The lowest BCUT2D eigenvalue weighted by molar-refractivity contribution is -0.123. The Labute approximate surface area is 147 Å². The lowest BCUT2D eigenvalue weighted by atomic mass is 9.85. The fourth-order valence-electron chi connectivity index (χ4n) is 3.51. The Morgan fingerprint density at radius 3 is 2.70 bits per heavy atom. The molecule has 1 amide bonds. The lowest BCUT2D eigenvalue weighted by Gasteiger charge is -2.28. The van der Waals surface area contributed by atoms with Gasteiger partial charge in [-0.25, -0.2) is 0 Å². The van der Waals surface area contributed by atoms with Crippen molar-refractivity contribution < 1.29 is 4.79 Å². The van der Waals surface area contributed by atoms with E-state index in [2.05, 4.69) is 56.5 Å². The molecule has 2 rings (SSSR count). The molecule has 0 aliphatic carbocycles.